The Morgan fingerprint density at radius 3 is 2.67 bits per heavy atom. The van der Waals surface area contributed by atoms with Gasteiger partial charge in [0.15, 0.2) is 0 Å². The molecule has 1 aliphatic heterocycles. The number of carbonyl (C=O) groups excluding carboxylic acids is 1. The predicted molar refractivity (Wildman–Crippen MR) is 83.9 cm³/mol. The summed E-state index contributed by atoms with van der Waals surface area (Å²) in [6.07, 6.45) is 3.17. The van der Waals surface area contributed by atoms with Gasteiger partial charge < -0.3 is 10.0 Å². The largest absolute Gasteiger partial charge is 0.481 e. The lowest BCUT2D eigenvalue weighted by atomic mass is 9.84. The molecule has 1 aromatic rings. The Morgan fingerprint density at radius 2 is 2.14 bits per heavy atom. The molecule has 1 fully saturated rings. The number of aryl methyl sites for hydroxylation is 2. The van der Waals surface area contributed by atoms with Crippen molar-refractivity contribution in [2.24, 2.45) is 5.41 Å². The second kappa shape index (κ2) is 6.18. The van der Waals surface area contributed by atoms with E-state index in [9.17, 15) is 14.7 Å². The van der Waals surface area contributed by atoms with Crippen molar-refractivity contribution < 1.29 is 14.7 Å². The summed E-state index contributed by atoms with van der Waals surface area (Å²) in [5.41, 5.74) is 0.485. The van der Waals surface area contributed by atoms with Crippen LogP contribution < -0.4 is 0 Å². The van der Waals surface area contributed by atoms with Gasteiger partial charge in [0.05, 0.1) is 10.3 Å². The third-order valence-corrected chi connectivity index (χ3v) is 5.60. The molecule has 1 aromatic heterocycles. The maximum Gasteiger partial charge on any atom is 0.311 e. The zero-order valence-electron chi connectivity index (χ0n) is 12.9. The Balaban J connectivity index is 2.15. The van der Waals surface area contributed by atoms with Crippen molar-refractivity contribution in [2.45, 2.75) is 46.5 Å². The van der Waals surface area contributed by atoms with E-state index in [-0.39, 0.29) is 5.91 Å². The van der Waals surface area contributed by atoms with Crippen molar-refractivity contribution in [3.63, 3.8) is 0 Å². The normalized spacial score (nSPS) is 21.8. The first-order valence-corrected chi connectivity index (χ1v) is 8.37. The number of rotatable bonds is 5. The maximum atomic E-state index is 12.6. The molecule has 2 rings (SSSR count). The first kappa shape index (κ1) is 16.0. The number of nitrogens with zero attached hydrogens (tertiary/aromatic N) is 1. The highest BCUT2D eigenvalue weighted by Crippen LogP contribution is 2.35. The van der Waals surface area contributed by atoms with Crippen molar-refractivity contribution in [3.05, 3.63) is 21.4 Å². The molecule has 0 aromatic carbocycles. The van der Waals surface area contributed by atoms with E-state index in [0.29, 0.717) is 25.9 Å². The summed E-state index contributed by atoms with van der Waals surface area (Å²) in [5.74, 6) is -0.795. The van der Waals surface area contributed by atoms with Crippen LogP contribution in [0, 0.1) is 12.3 Å². The summed E-state index contributed by atoms with van der Waals surface area (Å²) >= 11 is 1.53. The van der Waals surface area contributed by atoms with E-state index in [0.717, 1.165) is 17.7 Å². The Hall–Kier alpha value is -1.36. The lowest BCUT2D eigenvalue weighted by Crippen LogP contribution is -2.36. The Kier molecular flexibility index (Phi) is 4.71. The van der Waals surface area contributed by atoms with Crippen LogP contribution in [0.1, 0.15) is 53.2 Å². The molecular weight excluding hydrogens is 286 g/mol. The van der Waals surface area contributed by atoms with E-state index in [4.69, 9.17) is 0 Å². The van der Waals surface area contributed by atoms with Gasteiger partial charge in [0.1, 0.15) is 0 Å². The summed E-state index contributed by atoms with van der Waals surface area (Å²) in [6, 6.07) is 1.98. The van der Waals surface area contributed by atoms with Crippen molar-refractivity contribution in [3.8, 4) is 0 Å². The SMILES string of the molecule is CCCc1cc(C(=O)N2CCC(CC)(C(=O)O)C2)sc1C. The summed E-state index contributed by atoms with van der Waals surface area (Å²) < 4.78 is 0. The topological polar surface area (TPSA) is 57.6 Å². The van der Waals surface area contributed by atoms with Crippen LogP contribution in [0.4, 0.5) is 0 Å². The molecule has 1 saturated heterocycles. The molecule has 0 saturated carbocycles. The van der Waals surface area contributed by atoms with Gasteiger partial charge in [0.25, 0.3) is 5.91 Å². The smallest absolute Gasteiger partial charge is 0.311 e. The third-order valence-electron chi connectivity index (χ3n) is 4.52. The molecule has 1 unspecified atom stereocenters. The fourth-order valence-electron chi connectivity index (χ4n) is 2.96. The Bertz CT molecular complexity index is 552. The highest BCUT2D eigenvalue weighted by atomic mass is 32.1. The minimum atomic E-state index is -0.783. The molecule has 1 amide bonds. The number of carboxylic acids is 1. The highest BCUT2D eigenvalue weighted by Gasteiger charge is 2.45. The molecule has 2 heterocycles. The summed E-state index contributed by atoms with van der Waals surface area (Å²) in [7, 11) is 0. The molecule has 1 aliphatic rings. The molecule has 0 bridgehead atoms. The Labute approximate surface area is 129 Å². The molecule has 21 heavy (non-hydrogen) atoms. The summed E-state index contributed by atoms with van der Waals surface area (Å²) in [4.78, 5) is 27.7. The number of carbonyl (C=O) groups is 2. The van der Waals surface area contributed by atoms with E-state index in [2.05, 4.69) is 6.92 Å². The van der Waals surface area contributed by atoms with Crippen LogP contribution in [0.2, 0.25) is 0 Å². The zero-order chi connectivity index (χ0) is 15.6. The number of thiophene rings is 1. The number of aliphatic carboxylic acids is 1. The van der Waals surface area contributed by atoms with Crippen LogP contribution in [0.3, 0.4) is 0 Å². The molecular formula is C16H23NO3S. The molecule has 0 spiro atoms. The van der Waals surface area contributed by atoms with Gasteiger partial charge in [-0.15, -0.1) is 11.3 Å². The second-order valence-electron chi connectivity index (χ2n) is 5.86. The average Bonchev–Trinajstić information content (AvgIpc) is 3.04. The molecule has 1 atom stereocenters. The predicted octanol–water partition coefficient (Wildman–Crippen LogP) is 3.34. The summed E-state index contributed by atoms with van der Waals surface area (Å²) in [6.45, 7) is 6.93. The lowest BCUT2D eigenvalue weighted by Gasteiger charge is -2.22. The van der Waals surface area contributed by atoms with Crippen LogP contribution in [0.5, 0.6) is 0 Å². The summed E-state index contributed by atoms with van der Waals surface area (Å²) in [5, 5.41) is 9.42. The van der Waals surface area contributed by atoms with Gasteiger partial charge in [-0.3, -0.25) is 9.59 Å². The third kappa shape index (κ3) is 2.98. The van der Waals surface area contributed by atoms with Crippen molar-refractivity contribution in [1.82, 2.24) is 4.90 Å². The van der Waals surface area contributed by atoms with Crippen LogP contribution in [-0.2, 0) is 11.2 Å². The first-order chi connectivity index (χ1) is 9.93. The highest BCUT2D eigenvalue weighted by molar-refractivity contribution is 7.14. The standard InChI is InChI=1S/C16H23NO3S/c1-4-6-12-9-13(21-11(12)3)14(18)17-8-7-16(5-2,10-17)15(19)20/h9H,4-8,10H2,1-3H3,(H,19,20). The minimum Gasteiger partial charge on any atom is -0.481 e. The average molecular weight is 309 g/mol. The second-order valence-corrected chi connectivity index (χ2v) is 7.11. The first-order valence-electron chi connectivity index (χ1n) is 7.55. The van der Waals surface area contributed by atoms with Gasteiger partial charge in [-0.1, -0.05) is 20.3 Å². The van der Waals surface area contributed by atoms with Gasteiger partial charge in [0.2, 0.25) is 0 Å². The van der Waals surface area contributed by atoms with Gasteiger partial charge in [-0.25, -0.2) is 0 Å². The van der Waals surface area contributed by atoms with Crippen LogP contribution in [0.15, 0.2) is 6.07 Å². The number of amides is 1. The quantitative estimate of drug-likeness (QED) is 0.907. The van der Waals surface area contributed by atoms with Crippen LogP contribution in [-0.4, -0.2) is 35.0 Å². The number of hydrogen-bond donors (Lipinski definition) is 1. The molecule has 4 nitrogen and oxygen atoms in total. The van der Waals surface area contributed by atoms with E-state index in [1.807, 2.05) is 19.9 Å². The number of likely N-dealkylation sites (tertiary alicyclic amines) is 1. The van der Waals surface area contributed by atoms with Crippen LogP contribution in [0.25, 0.3) is 0 Å². The van der Waals surface area contributed by atoms with Crippen LogP contribution >= 0.6 is 11.3 Å². The van der Waals surface area contributed by atoms with Crippen molar-refractivity contribution in [2.75, 3.05) is 13.1 Å². The number of carboxylic acid groups (broad SMARTS) is 1. The van der Waals surface area contributed by atoms with Gasteiger partial charge in [-0.2, -0.15) is 0 Å². The number of hydrogen-bond acceptors (Lipinski definition) is 3. The van der Waals surface area contributed by atoms with Gasteiger partial charge >= 0.3 is 5.97 Å². The fourth-order valence-corrected chi connectivity index (χ4v) is 4.00. The molecule has 1 N–H and O–H groups in total. The molecule has 0 aliphatic carbocycles. The molecule has 0 radical (unpaired) electrons. The zero-order valence-corrected chi connectivity index (χ0v) is 13.8. The molecule has 5 heteroatoms. The Morgan fingerprint density at radius 1 is 1.43 bits per heavy atom. The fraction of sp³-hybridized carbons (Fsp3) is 0.625. The maximum absolute atomic E-state index is 12.6. The van der Waals surface area contributed by atoms with Gasteiger partial charge in [-0.05, 0) is 37.8 Å². The van der Waals surface area contributed by atoms with Crippen molar-refractivity contribution in [1.29, 1.82) is 0 Å². The van der Waals surface area contributed by atoms with E-state index < -0.39 is 11.4 Å². The molecule has 116 valence electrons. The van der Waals surface area contributed by atoms with Gasteiger partial charge in [0, 0.05) is 18.0 Å². The minimum absolute atomic E-state index is 0.0120. The lowest BCUT2D eigenvalue weighted by molar-refractivity contribution is -0.148. The van der Waals surface area contributed by atoms with E-state index >= 15 is 0 Å². The monoisotopic (exact) mass is 309 g/mol. The van der Waals surface area contributed by atoms with E-state index in [1.54, 1.807) is 4.90 Å². The van der Waals surface area contributed by atoms with Crippen molar-refractivity contribution >= 4 is 23.2 Å². The van der Waals surface area contributed by atoms with E-state index in [1.165, 1.54) is 21.8 Å².